The van der Waals surface area contributed by atoms with Gasteiger partial charge in [-0.15, -0.1) is 0 Å². The number of esters is 1. The first-order valence-electron chi connectivity index (χ1n) is 4.11. The molecule has 0 saturated carbocycles. The number of rotatable bonds is 4. The molecule has 0 bridgehead atoms. The summed E-state index contributed by atoms with van der Waals surface area (Å²) in [6.45, 7) is 1.28. The van der Waals surface area contributed by atoms with Gasteiger partial charge in [0.25, 0.3) is 0 Å². The number of carbonyl (C=O) groups is 1. The third-order valence-electron chi connectivity index (χ3n) is 1.55. The molecule has 0 unspecified atom stereocenters. The lowest BCUT2D eigenvalue weighted by Crippen LogP contribution is -2.06. The molecule has 80 valence electrons. The van der Waals surface area contributed by atoms with Gasteiger partial charge in [0, 0.05) is 0 Å². The molecule has 1 heterocycles. The summed E-state index contributed by atoms with van der Waals surface area (Å²) in [6, 6.07) is 3.29. The summed E-state index contributed by atoms with van der Waals surface area (Å²) in [5.41, 5.74) is -0.0634. The highest BCUT2D eigenvalue weighted by molar-refractivity contribution is 5.87. The Morgan fingerprint density at radius 1 is 1.73 bits per heavy atom. The van der Waals surface area contributed by atoms with Gasteiger partial charge < -0.3 is 9.15 Å². The lowest BCUT2D eigenvalue weighted by atomic mass is 10.3. The predicted octanol–water partition coefficient (Wildman–Crippen LogP) is 1.50. The van der Waals surface area contributed by atoms with Crippen LogP contribution in [0.1, 0.15) is 12.7 Å². The van der Waals surface area contributed by atoms with Gasteiger partial charge in [-0.05, 0) is 19.1 Å². The van der Waals surface area contributed by atoms with E-state index in [-0.39, 0.29) is 12.2 Å². The number of nitrogens with zero attached hydrogens (tertiary/aromatic N) is 1. The van der Waals surface area contributed by atoms with Crippen molar-refractivity contribution in [3.63, 3.8) is 0 Å². The Balaban J connectivity index is 2.46. The Kier molecular flexibility index (Phi) is 3.61. The quantitative estimate of drug-likeness (QED) is 0.326. The van der Waals surface area contributed by atoms with Gasteiger partial charge in [0.15, 0.2) is 0 Å². The van der Waals surface area contributed by atoms with Gasteiger partial charge in [-0.1, -0.05) is 0 Å². The first-order valence-corrected chi connectivity index (χ1v) is 4.11. The Bertz CT molecular complexity index is 379. The van der Waals surface area contributed by atoms with Gasteiger partial charge >= 0.3 is 5.97 Å². The first-order chi connectivity index (χ1) is 7.09. The highest BCUT2D eigenvalue weighted by Crippen LogP contribution is 2.04. The van der Waals surface area contributed by atoms with Gasteiger partial charge in [-0.2, -0.15) is 0 Å². The molecule has 0 fully saturated rings. The van der Waals surface area contributed by atoms with Crippen LogP contribution in [0.15, 0.2) is 34.6 Å². The molecule has 0 radical (unpaired) electrons. The molecule has 6 heteroatoms. The van der Waals surface area contributed by atoms with Gasteiger partial charge in [0.05, 0.1) is 11.2 Å². The number of carbonyl (C=O) groups excluding carboxylic acids is 1. The van der Waals surface area contributed by atoms with Crippen molar-refractivity contribution >= 4 is 5.97 Å². The minimum absolute atomic E-state index is 0.0330. The first kappa shape index (κ1) is 11.0. The third kappa shape index (κ3) is 3.63. The van der Waals surface area contributed by atoms with Crippen LogP contribution >= 0.6 is 0 Å². The fourth-order valence-electron chi connectivity index (χ4n) is 0.856. The molecular formula is C9H9NO5. The Labute approximate surface area is 85.3 Å². The molecule has 15 heavy (non-hydrogen) atoms. The largest absolute Gasteiger partial charge is 0.466 e. The number of furan rings is 1. The second-order valence-electron chi connectivity index (χ2n) is 2.75. The maximum absolute atomic E-state index is 11.1. The standard InChI is InChI=1S/C9H9NO5/c1-7(5-10(12)13)9(11)15-6-8-3-2-4-14-8/h2-5H,6H2,1H3. The van der Waals surface area contributed by atoms with Crippen LogP contribution in [0.3, 0.4) is 0 Å². The van der Waals surface area contributed by atoms with Crippen LogP contribution in [0, 0.1) is 10.1 Å². The van der Waals surface area contributed by atoms with E-state index < -0.39 is 10.9 Å². The summed E-state index contributed by atoms with van der Waals surface area (Å²) >= 11 is 0. The molecule has 0 aromatic carbocycles. The lowest BCUT2D eigenvalue weighted by Gasteiger charge is -2.00. The normalized spacial score (nSPS) is 11.1. The van der Waals surface area contributed by atoms with E-state index in [0.29, 0.717) is 12.0 Å². The topological polar surface area (TPSA) is 82.6 Å². The molecular weight excluding hydrogens is 202 g/mol. The van der Waals surface area contributed by atoms with Crippen molar-refractivity contribution in [2.45, 2.75) is 13.5 Å². The van der Waals surface area contributed by atoms with Crippen molar-refractivity contribution in [2.24, 2.45) is 0 Å². The van der Waals surface area contributed by atoms with Crippen LogP contribution in [-0.4, -0.2) is 10.9 Å². The molecule has 0 aliphatic carbocycles. The molecule has 1 rings (SSSR count). The van der Waals surface area contributed by atoms with Crippen molar-refractivity contribution in [3.8, 4) is 0 Å². The monoisotopic (exact) mass is 211 g/mol. The number of hydrogen-bond donors (Lipinski definition) is 0. The third-order valence-corrected chi connectivity index (χ3v) is 1.55. The molecule has 1 aromatic rings. The fourth-order valence-corrected chi connectivity index (χ4v) is 0.856. The Morgan fingerprint density at radius 3 is 3.00 bits per heavy atom. The SMILES string of the molecule is CC(=C[N+](=O)[O-])C(=O)OCc1ccco1. The Morgan fingerprint density at radius 2 is 2.47 bits per heavy atom. The van der Waals surface area contributed by atoms with E-state index >= 15 is 0 Å². The van der Waals surface area contributed by atoms with Crippen molar-refractivity contribution < 1.29 is 18.9 Å². The molecule has 0 atom stereocenters. The van der Waals surface area contributed by atoms with Gasteiger partial charge in [0.1, 0.15) is 17.9 Å². The van der Waals surface area contributed by atoms with Crippen molar-refractivity contribution in [2.75, 3.05) is 0 Å². The van der Waals surface area contributed by atoms with Crippen LogP contribution in [0.5, 0.6) is 0 Å². The lowest BCUT2D eigenvalue weighted by molar-refractivity contribution is -0.403. The summed E-state index contributed by atoms with van der Waals surface area (Å²) in [6.07, 6.45) is 2.05. The molecule has 0 N–H and O–H groups in total. The highest BCUT2D eigenvalue weighted by Gasteiger charge is 2.10. The second kappa shape index (κ2) is 4.94. The molecule has 6 nitrogen and oxygen atoms in total. The summed E-state index contributed by atoms with van der Waals surface area (Å²) < 4.78 is 9.66. The van der Waals surface area contributed by atoms with Gasteiger partial charge in [-0.25, -0.2) is 4.79 Å². The van der Waals surface area contributed by atoms with E-state index in [4.69, 9.17) is 9.15 Å². The van der Waals surface area contributed by atoms with Gasteiger partial charge in [0.2, 0.25) is 6.20 Å². The number of ether oxygens (including phenoxy) is 1. The highest BCUT2D eigenvalue weighted by atomic mass is 16.6. The van der Waals surface area contributed by atoms with Crippen LogP contribution < -0.4 is 0 Å². The second-order valence-corrected chi connectivity index (χ2v) is 2.75. The average molecular weight is 211 g/mol. The molecule has 0 aliphatic heterocycles. The fraction of sp³-hybridized carbons (Fsp3) is 0.222. The van der Waals surface area contributed by atoms with E-state index in [1.54, 1.807) is 12.1 Å². The molecule has 1 aromatic heterocycles. The van der Waals surface area contributed by atoms with E-state index in [9.17, 15) is 14.9 Å². The summed E-state index contributed by atoms with van der Waals surface area (Å²) in [5.74, 6) is -0.250. The minimum atomic E-state index is -0.733. The zero-order valence-corrected chi connectivity index (χ0v) is 8.00. The van der Waals surface area contributed by atoms with E-state index in [1.165, 1.54) is 13.2 Å². The predicted molar refractivity (Wildman–Crippen MR) is 49.3 cm³/mol. The van der Waals surface area contributed by atoms with Gasteiger partial charge in [-0.3, -0.25) is 10.1 Å². The molecule has 0 amide bonds. The summed E-state index contributed by atoms with van der Waals surface area (Å²) in [7, 11) is 0. The van der Waals surface area contributed by atoms with Crippen LogP contribution in [-0.2, 0) is 16.1 Å². The summed E-state index contributed by atoms with van der Waals surface area (Å²) in [5, 5.41) is 10.0. The van der Waals surface area contributed by atoms with E-state index in [0.717, 1.165) is 0 Å². The van der Waals surface area contributed by atoms with Crippen LogP contribution in [0.25, 0.3) is 0 Å². The molecule has 0 aliphatic rings. The smallest absolute Gasteiger partial charge is 0.340 e. The van der Waals surface area contributed by atoms with Crippen LogP contribution in [0.4, 0.5) is 0 Å². The van der Waals surface area contributed by atoms with Crippen molar-refractivity contribution in [3.05, 3.63) is 46.0 Å². The minimum Gasteiger partial charge on any atom is -0.466 e. The average Bonchev–Trinajstić information content (AvgIpc) is 2.65. The van der Waals surface area contributed by atoms with E-state index in [1.807, 2.05) is 0 Å². The maximum atomic E-state index is 11.1. The van der Waals surface area contributed by atoms with Crippen molar-refractivity contribution in [1.29, 1.82) is 0 Å². The van der Waals surface area contributed by atoms with E-state index in [2.05, 4.69) is 0 Å². The zero-order valence-electron chi connectivity index (χ0n) is 8.00. The number of hydrogen-bond acceptors (Lipinski definition) is 5. The zero-order chi connectivity index (χ0) is 11.3. The van der Waals surface area contributed by atoms with Crippen molar-refractivity contribution in [1.82, 2.24) is 0 Å². The summed E-state index contributed by atoms with van der Waals surface area (Å²) in [4.78, 5) is 20.5. The maximum Gasteiger partial charge on any atom is 0.340 e. The van der Waals surface area contributed by atoms with Crippen LogP contribution in [0.2, 0.25) is 0 Å². The molecule has 0 saturated heterocycles. The Hall–Kier alpha value is -2.11. The number of nitro groups is 1. The molecule has 0 spiro atoms.